The average Bonchev–Trinajstić information content (AvgIpc) is 2.28. The van der Waals surface area contributed by atoms with Crippen molar-refractivity contribution < 1.29 is 4.79 Å². The molecule has 2 rings (SSSR count). The Morgan fingerprint density at radius 1 is 1.38 bits per heavy atom. The Balaban J connectivity index is 2.18. The van der Waals surface area contributed by atoms with Crippen molar-refractivity contribution in [3.8, 4) is 0 Å². The minimum absolute atomic E-state index is 0.0664. The fourth-order valence-corrected chi connectivity index (χ4v) is 2.15. The second-order valence-corrected chi connectivity index (χ2v) is 4.59. The van der Waals surface area contributed by atoms with E-state index in [1.165, 1.54) is 5.56 Å². The molecule has 1 aromatic rings. The Bertz CT molecular complexity index is 387. The van der Waals surface area contributed by atoms with Crippen LogP contribution in [-0.2, 0) is 0 Å². The summed E-state index contributed by atoms with van der Waals surface area (Å²) in [5, 5.41) is 2.95. The second-order valence-electron chi connectivity index (χ2n) is 4.59. The maximum absolute atomic E-state index is 11.6. The number of amides is 1. The number of nitrogens with one attached hydrogen (secondary N) is 1. The number of benzene rings is 1. The highest BCUT2D eigenvalue weighted by molar-refractivity contribution is 5.97. The van der Waals surface area contributed by atoms with Crippen molar-refractivity contribution in [2.24, 2.45) is 0 Å². The number of carbonyl (C=O) groups is 1. The van der Waals surface area contributed by atoms with Gasteiger partial charge in [0.05, 0.1) is 0 Å². The fourth-order valence-electron chi connectivity index (χ4n) is 2.15. The SMILES string of the molecule is CN(C)CCC1CNC(=O)c2ccccc21. The lowest BCUT2D eigenvalue weighted by molar-refractivity contribution is 0.0938. The molecule has 0 bridgehead atoms. The zero-order chi connectivity index (χ0) is 11.5. The van der Waals surface area contributed by atoms with E-state index < -0.39 is 0 Å². The molecule has 3 nitrogen and oxygen atoms in total. The summed E-state index contributed by atoms with van der Waals surface area (Å²) >= 11 is 0. The van der Waals surface area contributed by atoms with Gasteiger partial charge in [-0.1, -0.05) is 18.2 Å². The van der Waals surface area contributed by atoms with Crippen molar-refractivity contribution in [2.75, 3.05) is 27.2 Å². The molecule has 0 spiro atoms. The number of hydrogen-bond donors (Lipinski definition) is 1. The van der Waals surface area contributed by atoms with Crippen LogP contribution in [0.15, 0.2) is 24.3 Å². The van der Waals surface area contributed by atoms with Crippen molar-refractivity contribution in [2.45, 2.75) is 12.3 Å². The third-order valence-electron chi connectivity index (χ3n) is 3.08. The molecule has 3 heteroatoms. The number of nitrogens with zero attached hydrogens (tertiary/aromatic N) is 1. The maximum Gasteiger partial charge on any atom is 0.251 e. The van der Waals surface area contributed by atoms with Crippen molar-refractivity contribution in [1.82, 2.24) is 10.2 Å². The van der Waals surface area contributed by atoms with Crippen LogP contribution in [0, 0.1) is 0 Å². The van der Waals surface area contributed by atoms with Crippen LogP contribution in [0.3, 0.4) is 0 Å². The van der Waals surface area contributed by atoms with Crippen molar-refractivity contribution in [1.29, 1.82) is 0 Å². The third kappa shape index (κ3) is 2.25. The first-order valence-corrected chi connectivity index (χ1v) is 5.70. The van der Waals surface area contributed by atoms with E-state index in [0.717, 1.165) is 25.1 Å². The van der Waals surface area contributed by atoms with Gasteiger partial charge in [0, 0.05) is 18.0 Å². The highest BCUT2D eigenvalue weighted by Crippen LogP contribution is 2.26. The fraction of sp³-hybridized carbons (Fsp3) is 0.462. The monoisotopic (exact) mass is 218 g/mol. The molecule has 0 radical (unpaired) electrons. The molecule has 1 aliphatic rings. The molecule has 0 fully saturated rings. The van der Waals surface area contributed by atoms with Crippen molar-refractivity contribution >= 4 is 5.91 Å². The first-order valence-electron chi connectivity index (χ1n) is 5.70. The minimum Gasteiger partial charge on any atom is -0.351 e. The van der Waals surface area contributed by atoms with E-state index in [1.54, 1.807) is 0 Å². The highest BCUT2D eigenvalue weighted by Gasteiger charge is 2.24. The van der Waals surface area contributed by atoms with Crippen LogP contribution in [0.4, 0.5) is 0 Å². The Morgan fingerprint density at radius 3 is 2.88 bits per heavy atom. The number of rotatable bonds is 3. The van der Waals surface area contributed by atoms with Crippen LogP contribution < -0.4 is 5.32 Å². The van der Waals surface area contributed by atoms with Gasteiger partial charge >= 0.3 is 0 Å². The average molecular weight is 218 g/mol. The first-order chi connectivity index (χ1) is 7.68. The van der Waals surface area contributed by atoms with Gasteiger partial charge in [-0.3, -0.25) is 4.79 Å². The van der Waals surface area contributed by atoms with E-state index in [2.05, 4.69) is 30.4 Å². The van der Waals surface area contributed by atoms with E-state index in [9.17, 15) is 4.79 Å². The molecule has 1 unspecified atom stereocenters. The summed E-state index contributed by atoms with van der Waals surface area (Å²) < 4.78 is 0. The zero-order valence-corrected chi connectivity index (χ0v) is 9.86. The van der Waals surface area contributed by atoms with E-state index in [4.69, 9.17) is 0 Å². The van der Waals surface area contributed by atoms with Crippen LogP contribution in [-0.4, -0.2) is 38.0 Å². The summed E-state index contributed by atoms with van der Waals surface area (Å²) in [5.41, 5.74) is 2.05. The maximum atomic E-state index is 11.6. The van der Waals surface area contributed by atoms with Crippen LogP contribution in [0.25, 0.3) is 0 Å². The lowest BCUT2D eigenvalue weighted by atomic mass is 9.88. The van der Waals surface area contributed by atoms with Gasteiger partial charge < -0.3 is 10.2 Å². The highest BCUT2D eigenvalue weighted by atomic mass is 16.1. The zero-order valence-electron chi connectivity index (χ0n) is 9.86. The van der Waals surface area contributed by atoms with Crippen LogP contribution >= 0.6 is 0 Å². The Labute approximate surface area is 96.5 Å². The van der Waals surface area contributed by atoms with Gasteiger partial charge in [0.1, 0.15) is 0 Å². The first kappa shape index (κ1) is 11.1. The summed E-state index contributed by atoms with van der Waals surface area (Å²) in [6, 6.07) is 7.92. The van der Waals surface area contributed by atoms with E-state index in [0.29, 0.717) is 5.92 Å². The molecule has 1 heterocycles. The van der Waals surface area contributed by atoms with E-state index in [1.807, 2.05) is 18.2 Å². The van der Waals surface area contributed by atoms with Gasteiger partial charge in [0.25, 0.3) is 5.91 Å². The Morgan fingerprint density at radius 2 is 2.12 bits per heavy atom. The Kier molecular flexibility index (Phi) is 3.25. The lowest BCUT2D eigenvalue weighted by Gasteiger charge is -2.26. The molecule has 1 atom stereocenters. The predicted octanol–water partition coefficient (Wildman–Crippen LogP) is 1.47. The molecular weight excluding hydrogens is 200 g/mol. The number of carbonyl (C=O) groups excluding carboxylic acids is 1. The van der Waals surface area contributed by atoms with Gasteiger partial charge in [0.2, 0.25) is 0 Å². The van der Waals surface area contributed by atoms with Gasteiger partial charge in [0.15, 0.2) is 0 Å². The third-order valence-corrected chi connectivity index (χ3v) is 3.08. The molecular formula is C13H18N2O. The smallest absolute Gasteiger partial charge is 0.251 e. The molecule has 0 saturated heterocycles. The minimum atomic E-state index is 0.0664. The molecule has 1 amide bonds. The van der Waals surface area contributed by atoms with Crippen molar-refractivity contribution in [3.05, 3.63) is 35.4 Å². The topological polar surface area (TPSA) is 32.3 Å². The van der Waals surface area contributed by atoms with Crippen LogP contribution in [0.5, 0.6) is 0 Å². The number of fused-ring (bicyclic) bond motifs is 1. The van der Waals surface area contributed by atoms with Crippen LogP contribution in [0.1, 0.15) is 28.3 Å². The molecule has 0 aliphatic carbocycles. The van der Waals surface area contributed by atoms with Crippen LogP contribution in [0.2, 0.25) is 0 Å². The summed E-state index contributed by atoms with van der Waals surface area (Å²) in [4.78, 5) is 13.8. The molecule has 1 N–H and O–H groups in total. The number of hydrogen-bond acceptors (Lipinski definition) is 2. The quantitative estimate of drug-likeness (QED) is 0.833. The molecule has 86 valence electrons. The largest absolute Gasteiger partial charge is 0.351 e. The van der Waals surface area contributed by atoms with Gasteiger partial charge in [-0.25, -0.2) is 0 Å². The standard InChI is InChI=1S/C13H18N2O/c1-15(2)8-7-10-9-14-13(16)12-6-4-3-5-11(10)12/h3-6,10H,7-9H2,1-2H3,(H,14,16). The molecule has 0 saturated carbocycles. The van der Waals surface area contributed by atoms with Crippen molar-refractivity contribution in [3.63, 3.8) is 0 Å². The Hall–Kier alpha value is -1.35. The molecule has 0 aromatic heterocycles. The molecule has 16 heavy (non-hydrogen) atoms. The summed E-state index contributed by atoms with van der Waals surface area (Å²) in [7, 11) is 4.15. The lowest BCUT2D eigenvalue weighted by Crippen LogP contribution is -2.36. The molecule has 1 aromatic carbocycles. The predicted molar refractivity (Wildman–Crippen MR) is 64.7 cm³/mol. The summed E-state index contributed by atoms with van der Waals surface area (Å²) in [6.07, 6.45) is 1.09. The van der Waals surface area contributed by atoms with E-state index >= 15 is 0 Å². The van der Waals surface area contributed by atoms with Gasteiger partial charge in [-0.2, -0.15) is 0 Å². The second kappa shape index (κ2) is 4.66. The summed E-state index contributed by atoms with van der Waals surface area (Å²) in [5.74, 6) is 0.521. The van der Waals surface area contributed by atoms with Gasteiger partial charge in [-0.05, 0) is 38.7 Å². The normalized spacial score (nSPS) is 19.4. The van der Waals surface area contributed by atoms with Gasteiger partial charge in [-0.15, -0.1) is 0 Å². The van der Waals surface area contributed by atoms with E-state index in [-0.39, 0.29) is 5.91 Å². The summed E-state index contributed by atoms with van der Waals surface area (Å²) in [6.45, 7) is 1.82. The molecule has 1 aliphatic heterocycles.